The number of carbonyl (C=O) groups is 2. The molecular formula is C17H16BrClN2O3S. The van der Waals surface area contributed by atoms with Gasteiger partial charge in [-0.15, -0.1) is 11.3 Å². The molecule has 0 spiro atoms. The zero-order valence-electron chi connectivity index (χ0n) is 13.4. The molecule has 0 bridgehead atoms. The summed E-state index contributed by atoms with van der Waals surface area (Å²) < 4.78 is 6.24. The van der Waals surface area contributed by atoms with Gasteiger partial charge < -0.3 is 15.4 Å². The monoisotopic (exact) mass is 442 g/mol. The van der Waals surface area contributed by atoms with E-state index in [-0.39, 0.29) is 17.7 Å². The van der Waals surface area contributed by atoms with Crippen LogP contribution in [0.25, 0.3) is 0 Å². The van der Waals surface area contributed by atoms with Gasteiger partial charge in [-0.3, -0.25) is 9.59 Å². The topological polar surface area (TPSA) is 67.4 Å². The molecule has 0 aliphatic heterocycles. The molecule has 1 aliphatic carbocycles. The van der Waals surface area contributed by atoms with E-state index in [4.69, 9.17) is 16.3 Å². The highest BCUT2D eigenvalue weighted by atomic mass is 79.9. The van der Waals surface area contributed by atoms with Crippen LogP contribution in [0.15, 0.2) is 28.7 Å². The second-order valence-corrected chi connectivity index (χ2v) is 7.95. The summed E-state index contributed by atoms with van der Waals surface area (Å²) in [6.45, 7) is 2.32. The fourth-order valence-electron chi connectivity index (χ4n) is 2.22. The van der Waals surface area contributed by atoms with Crippen molar-refractivity contribution in [1.82, 2.24) is 0 Å². The molecule has 0 unspecified atom stereocenters. The van der Waals surface area contributed by atoms with Crippen molar-refractivity contribution in [2.24, 2.45) is 5.92 Å². The number of rotatable bonds is 6. The SMILES string of the molecule is CCOc1c(Br)cc(Cl)cc1NC(=O)c1ccc(NC(=O)C2CC2)s1. The summed E-state index contributed by atoms with van der Waals surface area (Å²) in [5.74, 6) is 0.384. The Kier molecular flexibility index (Phi) is 5.66. The molecule has 1 fully saturated rings. The molecule has 1 saturated carbocycles. The molecule has 2 aromatic rings. The number of hydrogen-bond donors (Lipinski definition) is 2. The first-order valence-electron chi connectivity index (χ1n) is 7.81. The fraction of sp³-hybridized carbons (Fsp3) is 0.294. The average Bonchev–Trinajstić information content (AvgIpc) is 3.30. The zero-order valence-corrected chi connectivity index (χ0v) is 16.6. The third-order valence-electron chi connectivity index (χ3n) is 3.57. The van der Waals surface area contributed by atoms with Crippen LogP contribution in [0.2, 0.25) is 5.02 Å². The van der Waals surface area contributed by atoms with Gasteiger partial charge in [0.1, 0.15) is 0 Å². The van der Waals surface area contributed by atoms with Crippen LogP contribution in [0.4, 0.5) is 10.7 Å². The lowest BCUT2D eigenvalue weighted by Crippen LogP contribution is -2.12. The Balaban J connectivity index is 1.74. The van der Waals surface area contributed by atoms with E-state index in [1.54, 1.807) is 24.3 Å². The van der Waals surface area contributed by atoms with Crippen molar-refractivity contribution < 1.29 is 14.3 Å². The lowest BCUT2D eigenvalue weighted by molar-refractivity contribution is -0.117. The second-order valence-electron chi connectivity index (χ2n) is 5.58. The number of amides is 2. The highest BCUT2D eigenvalue weighted by Crippen LogP contribution is 2.37. The number of nitrogens with one attached hydrogen (secondary N) is 2. The highest BCUT2D eigenvalue weighted by molar-refractivity contribution is 9.10. The zero-order chi connectivity index (χ0) is 18.0. The van der Waals surface area contributed by atoms with E-state index in [1.165, 1.54) is 11.3 Å². The normalized spacial score (nSPS) is 13.4. The van der Waals surface area contributed by atoms with E-state index in [0.29, 0.717) is 37.4 Å². The van der Waals surface area contributed by atoms with Crippen molar-refractivity contribution in [1.29, 1.82) is 0 Å². The second kappa shape index (κ2) is 7.76. The van der Waals surface area contributed by atoms with Crippen LogP contribution in [-0.2, 0) is 4.79 Å². The third kappa shape index (κ3) is 4.54. The molecule has 0 radical (unpaired) electrons. The Labute approximate surface area is 162 Å². The lowest BCUT2D eigenvalue weighted by atomic mass is 10.3. The summed E-state index contributed by atoms with van der Waals surface area (Å²) in [4.78, 5) is 24.8. The Bertz CT molecular complexity index is 820. The largest absolute Gasteiger partial charge is 0.491 e. The predicted molar refractivity (Wildman–Crippen MR) is 104 cm³/mol. The van der Waals surface area contributed by atoms with Crippen molar-refractivity contribution in [2.45, 2.75) is 19.8 Å². The van der Waals surface area contributed by atoms with Gasteiger partial charge >= 0.3 is 0 Å². The number of anilines is 2. The molecule has 5 nitrogen and oxygen atoms in total. The highest BCUT2D eigenvalue weighted by Gasteiger charge is 2.30. The summed E-state index contributed by atoms with van der Waals surface area (Å²) in [5.41, 5.74) is 0.489. The van der Waals surface area contributed by atoms with Gasteiger partial charge in [-0.2, -0.15) is 0 Å². The van der Waals surface area contributed by atoms with Crippen LogP contribution in [0, 0.1) is 5.92 Å². The van der Waals surface area contributed by atoms with E-state index in [0.717, 1.165) is 12.8 Å². The molecule has 1 aromatic carbocycles. The Hall–Kier alpha value is -1.57. The smallest absolute Gasteiger partial charge is 0.265 e. The minimum Gasteiger partial charge on any atom is -0.491 e. The van der Waals surface area contributed by atoms with Gasteiger partial charge in [-0.05, 0) is 60.0 Å². The maximum atomic E-state index is 12.5. The number of ether oxygens (including phenoxy) is 1. The number of halogens is 2. The van der Waals surface area contributed by atoms with Crippen LogP contribution in [0.5, 0.6) is 5.75 Å². The first-order chi connectivity index (χ1) is 12.0. The van der Waals surface area contributed by atoms with Crippen molar-refractivity contribution in [3.05, 3.63) is 38.6 Å². The van der Waals surface area contributed by atoms with Crippen molar-refractivity contribution >= 4 is 61.4 Å². The number of hydrogen-bond acceptors (Lipinski definition) is 4. The molecule has 1 heterocycles. The van der Waals surface area contributed by atoms with E-state index < -0.39 is 0 Å². The Morgan fingerprint density at radius 3 is 2.76 bits per heavy atom. The molecule has 0 saturated heterocycles. The summed E-state index contributed by atoms with van der Waals surface area (Å²) in [6.07, 6.45) is 1.88. The summed E-state index contributed by atoms with van der Waals surface area (Å²) in [5, 5.41) is 6.80. The maximum absolute atomic E-state index is 12.5. The summed E-state index contributed by atoms with van der Waals surface area (Å²) >= 11 is 10.7. The molecule has 8 heteroatoms. The molecular weight excluding hydrogens is 428 g/mol. The quantitative estimate of drug-likeness (QED) is 0.648. The minimum atomic E-state index is -0.285. The molecule has 1 aliphatic rings. The molecule has 132 valence electrons. The standard InChI is InChI=1S/C17H16BrClN2O3S/c1-2-24-15-11(18)7-10(19)8-12(15)20-17(23)13-5-6-14(25-13)21-16(22)9-3-4-9/h5-9H,2-4H2,1H3,(H,20,23)(H,21,22). The third-order valence-corrected chi connectivity index (χ3v) is 5.38. The molecule has 2 N–H and O–H groups in total. The minimum absolute atomic E-state index is 0.0196. The summed E-state index contributed by atoms with van der Waals surface area (Å²) in [7, 11) is 0. The van der Waals surface area contributed by atoms with Crippen molar-refractivity contribution in [2.75, 3.05) is 17.2 Å². The van der Waals surface area contributed by atoms with E-state index >= 15 is 0 Å². The van der Waals surface area contributed by atoms with Gasteiger partial charge in [0.15, 0.2) is 5.75 Å². The van der Waals surface area contributed by atoms with Gasteiger partial charge in [0, 0.05) is 10.9 Å². The van der Waals surface area contributed by atoms with Crippen LogP contribution in [0.3, 0.4) is 0 Å². The molecule has 25 heavy (non-hydrogen) atoms. The maximum Gasteiger partial charge on any atom is 0.265 e. The van der Waals surface area contributed by atoms with Crippen LogP contribution < -0.4 is 15.4 Å². The molecule has 0 atom stereocenters. The van der Waals surface area contributed by atoms with E-state index in [9.17, 15) is 9.59 Å². The van der Waals surface area contributed by atoms with Crippen LogP contribution >= 0.6 is 38.9 Å². The number of benzene rings is 1. The average molecular weight is 444 g/mol. The fourth-order valence-corrected chi connectivity index (χ4v) is 3.95. The van der Waals surface area contributed by atoms with Crippen LogP contribution in [0.1, 0.15) is 29.4 Å². The molecule has 3 rings (SSSR count). The summed E-state index contributed by atoms with van der Waals surface area (Å²) in [6, 6.07) is 6.76. The number of thiophene rings is 1. The van der Waals surface area contributed by atoms with E-state index in [2.05, 4.69) is 26.6 Å². The first-order valence-corrected chi connectivity index (χ1v) is 9.80. The van der Waals surface area contributed by atoms with Crippen molar-refractivity contribution in [3.8, 4) is 5.75 Å². The van der Waals surface area contributed by atoms with Crippen LogP contribution in [-0.4, -0.2) is 18.4 Å². The Morgan fingerprint density at radius 1 is 1.32 bits per heavy atom. The molecule has 1 aromatic heterocycles. The van der Waals surface area contributed by atoms with Gasteiger partial charge in [0.25, 0.3) is 5.91 Å². The Morgan fingerprint density at radius 2 is 2.08 bits per heavy atom. The van der Waals surface area contributed by atoms with Gasteiger partial charge in [0.05, 0.1) is 26.6 Å². The van der Waals surface area contributed by atoms with E-state index in [1.807, 2.05) is 6.92 Å². The number of carbonyl (C=O) groups excluding carboxylic acids is 2. The van der Waals surface area contributed by atoms with Gasteiger partial charge in [0.2, 0.25) is 5.91 Å². The van der Waals surface area contributed by atoms with Gasteiger partial charge in [-0.25, -0.2) is 0 Å². The van der Waals surface area contributed by atoms with Crippen molar-refractivity contribution in [3.63, 3.8) is 0 Å². The lowest BCUT2D eigenvalue weighted by Gasteiger charge is -2.13. The molecule has 2 amide bonds. The van der Waals surface area contributed by atoms with Gasteiger partial charge in [-0.1, -0.05) is 11.6 Å². The first kappa shape index (κ1) is 18.2. The predicted octanol–water partition coefficient (Wildman–Crippen LogP) is 5.16.